The molecule has 2 aliphatic rings. The molecule has 0 radical (unpaired) electrons. The van der Waals surface area contributed by atoms with Crippen LogP contribution in [0.1, 0.15) is 12.0 Å². The molecule has 0 aliphatic carbocycles. The molecule has 2 heterocycles. The van der Waals surface area contributed by atoms with Crippen molar-refractivity contribution in [1.82, 2.24) is 9.21 Å². The highest BCUT2D eigenvalue weighted by atomic mass is 32.2. The largest absolute Gasteiger partial charge is 0.496 e. The summed E-state index contributed by atoms with van der Waals surface area (Å²) in [4.78, 5) is 14.4. The van der Waals surface area contributed by atoms with Crippen molar-refractivity contribution < 1.29 is 27.4 Å². The van der Waals surface area contributed by atoms with Gasteiger partial charge in [0.2, 0.25) is 15.9 Å². The number of para-hydroxylation sites is 1. The van der Waals surface area contributed by atoms with E-state index in [0.29, 0.717) is 43.6 Å². The first-order valence-electron chi connectivity index (χ1n) is 10.5. The molecule has 170 valence electrons. The van der Waals surface area contributed by atoms with Gasteiger partial charge in [-0.3, -0.25) is 4.79 Å². The zero-order valence-electron chi connectivity index (χ0n) is 17.9. The van der Waals surface area contributed by atoms with Crippen LogP contribution in [-0.4, -0.2) is 70.0 Å². The third kappa shape index (κ3) is 4.73. The van der Waals surface area contributed by atoms with Gasteiger partial charge in [0.05, 0.1) is 25.2 Å². The van der Waals surface area contributed by atoms with Crippen LogP contribution < -0.4 is 14.2 Å². The summed E-state index contributed by atoms with van der Waals surface area (Å²) in [5, 5.41) is 0. The van der Waals surface area contributed by atoms with E-state index in [0.717, 1.165) is 12.0 Å². The quantitative estimate of drug-likeness (QED) is 0.640. The number of rotatable bonds is 5. The van der Waals surface area contributed by atoms with Crippen molar-refractivity contribution in [1.29, 1.82) is 0 Å². The highest BCUT2D eigenvalue weighted by molar-refractivity contribution is 7.89. The molecule has 0 atom stereocenters. The lowest BCUT2D eigenvalue weighted by atomic mass is 10.2. The summed E-state index contributed by atoms with van der Waals surface area (Å²) >= 11 is 0. The molecule has 8 nitrogen and oxygen atoms in total. The minimum absolute atomic E-state index is 0.163. The smallest absolute Gasteiger partial charge is 0.246 e. The van der Waals surface area contributed by atoms with Crippen molar-refractivity contribution in [3.63, 3.8) is 0 Å². The highest BCUT2D eigenvalue weighted by Gasteiger charge is 2.30. The summed E-state index contributed by atoms with van der Waals surface area (Å²) in [7, 11) is -2.11. The molecule has 1 amide bonds. The Bertz CT molecular complexity index is 1110. The third-order valence-corrected chi connectivity index (χ3v) is 7.35. The van der Waals surface area contributed by atoms with Gasteiger partial charge in [0.15, 0.2) is 11.5 Å². The Kier molecular flexibility index (Phi) is 6.66. The SMILES string of the molecule is COc1ccccc1/C=C/C(=O)N1CCN(S(=O)(=O)c2ccc3c(c2)OCCCO3)CC1. The molecule has 0 aromatic heterocycles. The lowest BCUT2D eigenvalue weighted by Gasteiger charge is -2.33. The minimum Gasteiger partial charge on any atom is -0.496 e. The second-order valence-corrected chi connectivity index (χ2v) is 9.40. The molecule has 9 heteroatoms. The van der Waals surface area contributed by atoms with Gasteiger partial charge in [-0.25, -0.2) is 8.42 Å². The standard InChI is InChI=1S/C23H26N2O6S/c1-29-20-6-3-2-5-18(20)7-10-23(26)24-11-13-25(14-12-24)32(27,28)19-8-9-21-22(17-19)31-16-4-15-30-21/h2-3,5-10,17H,4,11-16H2,1H3/b10-7+. The molecule has 32 heavy (non-hydrogen) atoms. The van der Waals surface area contributed by atoms with Gasteiger partial charge in [0.1, 0.15) is 5.75 Å². The Morgan fingerprint density at radius 2 is 1.72 bits per heavy atom. The summed E-state index contributed by atoms with van der Waals surface area (Å²) in [5.74, 6) is 1.52. The molecule has 2 aromatic carbocycles. The second-order valence-electron chi connectivity index (χ2n) is 7.46. The van der Waals surface area contributed by atoms with Crippen molar-refractivity contribution >= 4 is 22.0 Å². The average molecular weight is 459 g/mol. The van der Waals surface area contributed by atoms with Crippen LogP contribution in [0.15, 0.2) is 53.4 Å². The van der Waals surface area contributed by atoms with E-state index in [9.17, 15) is 13.2 Å². The zero-order chi connectivity index (χ0) is 22.6. The lowest BCUT2D eigenvalue weighted by molar-refractivity contribution is -0.127. The molecule has 4 rings (SSSR count). The van der Waals surface area contributed by atoms with Gasteiger partial charge in [0.25, 0.3) is 0 Å². The maximum atomic E-state index is 13.1. The lowest BCUT2D eigenvalue weighted by Crippen LogP contribution is -2.50. The third-order valence-electron chi connectivity index (χ3n) is 5.45. The fourth-order valence-electron chi connectivity index (χ4n) is 3.67. The first-order valence-corrected chi connectivity index (χ1v) is 11.9. The van der Waals surface area contributed by atoms with Gasteiger partial charge in [0, 0.05) is 50.3 Å². The van der Waals surface area contributed by atoms with Crippen LogP contribution in [0, 0.1) is 0 Å². The normalized spacial score (nSPS) is 17.2. The van der Waals surface area contributed by atoms with Gasteiger partial charge >= 0.3 is 0 Å². The number of amides is 1. The van der Waals surface area contributed by atoms with E-state index in [4.69, 9.17) is 14.2 Å². The molecule has 0 bridgehead atoms. The maximum absolute atomic E-state index is 13.1. The molecule has 1 fully saturated rings. The van der Waals surface area contributed by atoms with E-state index in [1.54, 1.807) is 24.2 Å². The molecule has 0 saturated carbocycles. The summed E-state index contributed by atoms with van der Waals surface area (Å²) < 4.78 is 44.1. The number of carbonyl (C=O) groups is 1. The van der Waals surface area contributed by atoms with Gasteiger partial charge in [-0.2, -0.15) is 4.31 Å². The van der Waals surface area contributed by atoms with Crippen LogP contribution in [-0.2, 0) is 14.8 Å². The van der Waals surface area contributed by atoms with Gasteiger partial charge < -0.3 is 19.1 Å². The number of fused-ring (bicyclic) bond motifs is 1. The predicted molar refractivity (Wildman–Crippen MR) is 119 cm³/mol. The summed E-state index contributed by atoms with van der Waals surface area (Å²) in [6, 6.07) is 12.1. The number of ether oxygens (including phenoxy) is 3. The molecule has 2 aromatic rings. The van der Waals surface area contributed by atoms with Gasteiger partial charge in [-0.1, -0.05) is 18.2 Å². The molecule has 0 unspecified atom stereocenters. The van der Waals surface area contributed by atoms with E-state index < -0.39 is 10.0 Å². The maximum Gasteiger partial charge on any atom is 0.246 e. The van der Waals surface area contributed by atoms with Gasteiger partial charge in [-0.15, -0.1) is 0 Å². The summed E-state index contributed by atoms with van der Waals surface area (Å²) in [6.07, 6.45) is 3.95. The summed E-state index contributed by atoms with van der Waals surface area (Å²) in [6.45, 7) is 2.12. The van der Waals surface area contributed by atoms with E-state index in [1.165, 1.54) is 22.5 Å². The molecular weight excluding hydrogens is 432 g/mol. The molecule has 2 aliphatic heterocycles. The number of hydrogen-bond donors (Lipinski definition) is 0. The highest BCUT2D eigenvalue weighted by Crippen LogP contribution is 2.33. The first-order chi connectivity index (χ1) is 15.5. The monoisotopic (exact) mass is 458 g/mol. The van der Waals surface area contributed by atoms with Crippen molar-refractivity contribution in [3.05, 3.63) is 54.1 Å². The Morgan fingerprint density at radius 1 is 1.00 bits per heavy atom. The Hall–Kier alpha value is -3.04. The van der Waals surface area contributed by atoms with Crippen molar-refractivity contribution in [3.8, 4) is 17.2 Å². The summed E-state index contributed by atoms with van der Waals surface area (Å²) in [5.41, 5.74) is 0.805. The van der Waals surface area contributed by atoms with E-state index in [2.05, 4.69) is 0 Å². The number of benzene rings is 2. The minimum atomic E-state index is -3.70. The van der Waals surface area contributed by atoms with Crippen LogP contribution in [0.3, 0.4) is 0 Å². The number of hydrogen-bond acceptors (Lipinski definition) is 6. The number of carbonyl (C=O) groups excluding carboxylic acids is 1. The Morgan fingerprint density at radius 3 is 2.47 bits per heavy atom. The van der Waals surface area contributed by atoms with Crippen LogP contribution in [0.25, 0.3) is 6.08 Å². The number of piperazine rings is 1. The van der Waals surface area contributed by atoms with Crippen LogP contribution in [0.5, 0.6) is 17.2 Å². The fourth-order valence-corrected chi connectivity index (χ4v) is 5.11. The van der Waals surface area contributed by atoms with Crippen LogP contribution in [0.4, 0.5) is 0 Å². The zero-order valence-corrected chi connectivity index (χ0v) is 18.7. The Balaban J connectivity index is 1.40. The van der Waals surface area contributed by atoms with Crippen molar-refractivity contribution in [2.75, 3.05) is 46.5 Å². The molecule has 0 N–H and O–H groups in total. The predicted octanol–water partition coefficient (Wildman–Crippen LogP) is 2.40. The Labute approximate surface area is 188 Å². The number of nitrogens with zero attached hydrogens (tertiary/aromatic N) is 2. The topological polar surface area (TPSA) is 85.4 Å². The molecular formula is C23H26N2O6S. The molecule has 0 spiro atoms. The fraction of sp³-hybridized carbons (Fsp3) is 0.348. The van der Waals surface area contributed by atoms with Gasteiger partial charge in [-0.05, 0) is 24.3 Å². The number of sulfonamides is 1. The number of methoxy groups -OCH3 is 1. The second kappa shape index (κ2) is 9.62. The average Bonchev–Trinajstić information content (AvgIpc) is 3.07. The van der Waals surface area contributed by atoms with Crippen molar-refractivity contribution in [2.24, 2.45) is 0 Å². The van der Waals surface area contributed by atoms with E-state index in [-0.39, 0.29) is 23.9 Å². The van der Waals surface area contributed by atoms with E-state index >= 15 is 0 Å². The van der Waals surface area contributed by atoms with Crippen molar-refractivity contribution in [2.45, 2.75) is 11.3 Å². The molecule has 1 saturated heterocycles. The van der Waals surface area contributed by atoms with Crippen LogP contribution >= 0.6 is 0 Å². The first kappa shape index (κ1) is 22.2. The van der Waals surface area contributed by atoms with E-state index in [1.807, 2.05) is 24.3 Å². The van der Waals surface area contributed by atoms with Crippen LogP contribution in [0.2, 0.25) is 0 Å².